The molecule has 0 aliphatic heterocycles. The van der Waals surface area contributed by atoms with Crippen molar-refractivity contribution in [3.8, 4) is 0 Å². The van der Waals surface area contributed by atoms with Gasteiger partial charge in [0, 0.05) is 44.9 Å². The molecule has 2 heterocycles. The highest BCUT2D eigenvalue weighted by molar-refractivity contribution is 6.76. The van der Waals surface area contributed by atoms with E-state index in [1.54, 1.807) is 13.1 Å². The maximum absolute atomic E-state index is 12.1. The normalized spacial score (nSPS) is 12.1. The Morgan fingerprint density at radius 3 is 2.68 bits per heavy atom. The zero-order valence-corrected chi connectivity index (χ0v) is 17.3. The lowest BCUT2D eigenvalue weighted by atomic mass is 10.1. The van der Waals surface area contributed by atoms with Crippen LogP contribution in [0.25, 0.3) is 11.0 Å². The molecule has 0 spiro atoms. The van der Waals surface area contributed by atoms with Crippen LogP contribution in [0.3, 0.4) is 0 Å². The number of anilines is 1. The molecule has 138 valence electrons. The number of ether oxygens (including phenoxy) is 1. The second-order valence-corrected chi connectivity index (χ2v) is 13.9. The molecule has 5 nitrogen and oxygen atoms in total. The Hall–Kier alpha value is -1.66. The number of carbonyl (C=O) groups excluding carboxylic acids is 1. The first-order valence-electron chi connectivity index (χ1n) is 8.99. The van der Waals surface area contributed by atoms with Gasteiger partial charge in [-0.1, -0.05) is 33.5 Å². The molecule has 0 bridgehead atoms. The van der Waals surface area contributed by atoms with Crippen LogP contribution in [0.15, 0.2) is 18.5 Å². The molecule has 25 heavy (non-hydrogen) atoms. The Morgan fingerprint density at radius 2 is 2.08 bits per heavy atom. The number of hydrogen-bond acceptors (Lipinski definition) is 4. The summed E-state index contributed by atoms with van der Waals surface area (Å²) >= 11 is 0. The van der Waals surface area contributed by atoms with Crippen LogP contribution in [0.4, 0.5) is 5.69 Å². The fourth-order valence-electron chi connectivity index (χ4n) is 2.58. The predicted octanol–water partition coefficient (Wildman–Crippen LogP) is 4.62. The molecule has 0 saturated heterocycles. The summed E-state index contributed by atoms with van der Waals surface area (Å²) in [7, 11) is -1.11. The van der Waals surface area contributed by atoms with Gasteiger partial charge in [0.15, 0.2) is 5.78 Å². The van der Waals surface area contributed by atoms with Crippen molar-refractivity contribution in [2.75, 3.05) is 18.5 Å². The van der Waals surface area contributed by atoms with Crippen molar-refractivity contribution in [3.63, 3.8) is 0 Å². The summed E-state index contributed by atoms with van der Waals surface area (Å²) in [4.78, 5) is 16.6. The quantitative estimate of drug-likeness (QED) is 0.402. The van der Waals surface area contributed by atoms with Gasteiger partial charge in [-0.05, 0) is 25.0 Å². The SMILES string of the molecule is CC(=O)c1cn(COCC[Si](C)(C)C)c2nccc(NCC(C)C)c12. The summed E-state index contributed by atoms with van der Waals surface area (Å²) in [6.07, 6.45) is 3.66. The highest BCUT2D eigenvalue weighted by Gasteiger charge is 2.17. The lowest BCUT2D eigenvalue weighted by Gasteiger charge is -2.15. The van der Waals surface area contributed by atoms with E-state index in [0.29, 0.717) is 18.2 Å². The van der Waals surface area contributed by atoms with Crippen LogP contribution < -0.4 is 5.32 Å². The number of aromatic nitrogens is 2. The first-order valence-corrected chi connectivity index (χ1v) is 12.7. The van der Waals surface area contributed by atoms with Crippen LogP contribution >= 0.6 is 0 Å². The second-order valence-electron chi connectivity index (χ2n) is 8.25. The highest BCUT2D eigenvalue weighted by Crippen LogP contribution is 2.28. The Kier molecular flexibility index (Phi) is 6.40. The molecule has 0 aromatic carbocycles. The summed E-state index contributed by atoms with van der Waals surface area (Å²) in [5, 5.41) is 4.34. The van der Waals surface area contributed by atoms with Crippen molar-refractivity contribution in [3.05, 3.63) is 24.0 Å². The number of nitrogens with one attached hydrogen (secondary N) is 1. The number of carbonyl (C=O) groups is 1. The molecule has 2 aromatic heterocycles. The smallest absolute Gasteiger partial charge is 0.162 e. The first kappa shape index (κ1) is 19.7. The van der Waals surface area contributed by atoms with Gasteiger partial charge in [0.25, 0.3) is 0 Å². The third kappa shape index (κ3) is 5.41. The molecule has 0 unspecified atom stereocenters. The van der Waals surface area contributed by atoms with Crippen LogP contribution in [0.1, 0.15) is 31.1 Å². The topological polar surface area (TPSA) is 56.2 Å². The van der Waals surface area contributed by atoms with E-state index in [-0.39, 0.29) is 5.78 Å². The standard InChI is InChI=1S/C19H31N3O2Si/c1-14(2)11-21-17-7-8-20-19-18(17)16(15(3)23)12-22(19)13-24-9-10-25(4,5)6/h7-8,12,14H,9-11,13H2,1-6H3,(H,20,21). The molecule has 6 heteroatoms. The van der Waals surface area contributed by atoms with Gasteiger partial charge in [0.1, 0.15) is 12.4 Å². The van der Waals surface area contributed by atoms with Gasteiger partial charge in [0.05, 0.1) is 5.39 Å². The van der Waals surface area contributed by atoms with Crippen LogP contribution in [-0.2, 0) is 11.5 Å². The van der Waals surface area contributed by atoms with Crippen LogP contribution in [0.2, 0.25) is 25.7 Å². The number of nitrogens with zero attached hydrogens (tertiary/aromatic N) is 2. The van der Waals surface area contributed by atoms with Gasteiger partial charge in [0.2, 0.25) is 0 Å². The summed E-state index contributed by atoms with van der Waals surface area (Å²) < 4.78 is 7.80. The fourth-order valence-corrected chi connectivity index (χ4v) is 3.34. The molecule has 0 radical (unpaired) electrons. The number of fused-ring (bicyclic) bond motifs is 1. The van der Waals surface area contributed by atoms with E-state index in [1.165, 1.54) is 0 Å². The first-order chi connectivity index (χ1) is 11.7. The van der Waals surface area contributed by atoms with Crippen molar-refractivity contribution in [2.45, 2.75) is 53.2 Å². The van der Waals surface area contributed by atoms with Crippen molar-refractivity contribution in [1.82, 2.24) is 9.55 Å². The van der Waals surface area contributed by atoms with Crippen molar-refractivity contribution >= 4 is 30.6 Å². The van der Waals surface area contributed by atoms with E-state index in [2.05, 4.69) is 43.8 Å². The van der Waals surface area contributed by atoms with E-state index < -0.39 is 8.07 Å². The summed E-state index contributed by atoms with van der Waals surface area (Å²) in [6, 6.07) is 3.06. The lowest BCUT2D eigenvalue weighted by Crippen LogP contribution is -2.22. The molecule has 0 amide bonds. The largest absolute Gasteiger partial charge is 0.384 e. The van der Waals surface area contributed by atoms with Gasteiger partial charge in [-0.15, -0.1) is 0 Å². The fraction of sp³-hybridized carbons (Fsp3) is 0.579. The monoisotopic (exact) mass is 361 g/mol. The number of ketones is 1. The highest BCUT2D eigenvalue weighted by atomic mass is 28.3. The molecule has 0 atom stereocenters. The molecular weight excluding hydrogens is 330 g/mol. The van der Waals surface area contributed by atoms with E-state index in [4.69, 9.17) is 4.74 Å². The van der Waals surface area contributed by atoms with E-state index in [0.717, 1.165) is 35.9 Å². The average molecular weight is 362 g/mol. The van der Waals surface area contributed by atoms with E-state index >= 15 is 0 Å². The molecule has 0 aliphatic carbocycles. The number of pyridine rings is 1. The third-order valence-corrected chi connectivity index (χ3v) is 5.77. The molecule has 1 N–H and O–H groups in total. The number of hydrogen-bond donors (Lipinski definition) is 1. The maximum atomic E-state index is 12.1. The van der Waals surface area contributed by atoms with Crippen LogP contribution in [0.5, 0.6) is 0 Å². The molecule has 0 aliphatic rings. The van der Waals surface area contributed by atoms with Gasteiger partial charge >= 0.3 is 0 Å². The van der Waals surface area contributed by atoms with Crippen molar-refractivity contribution in [2.24, 2.45) is 5.92 Å². The van der Waals surface area contributed by atoms with Gasteiger partial charge in [-0.2, -0.15) is 0 Å². The Balaban J connectivity index is 2.26. The Bertz CT molecular complexity index is 732. The van der Waals surface area contributed by atoms with Crippen LogP contribution in [-0.4, -0.2) is 36.6 Å². The van der Waals surface area contributed by atoms with Gasteiger partial charge in [-0.25, -0.2) is 4.98 Å². The Labute approximate surface area is 151 Å². The minimum Gasteiger partial charge on any atom is -0.384 e. The molecule has 2 aromatic rings. The minimum atomic E-state index is -1.11. The number of rotatable bonds is 9. The molecule has 0 saturated carbocycles. The lowest BCUT2D eigenvalue weighted by molar-refractivity contribution is 0.0895. The average Bonchev–Trinajstić information content (AvgIpc) is 2.88. The Morgan fingerprint density at radius 1 is 1.36 bits per heavy atom. The van der Waals surface area contributed by atoms with Gasteiger partial charge in [-0.3, -0.25) is 4.79 Å². The zero-order chi connectivity index (χ0) is 18.6. The number of Topliss-reactive ketones (excluding diaryl/α,β-unsaturated/α-hetero) is 1. The summed E-state index contributed by atoms with van der Waals surface area (Å²) in [6.45, 7) is 15.0. The summed E-state index contributed by atoms with van der Waals surface area (Å²) in [5.74, 6) is 0.572. The second kappa shape index (κ2) is 8.14. The molecule has 0 fully saturated rings. The third-order valence-electron chi connectivity index (χ3n) is 4.06. The minimum absolute atomic E-state index is 0.0476. The molecule has 2 rings (SSSR count). The van der Waals surface area contributed by atoms with E-state index in [1.807, 2.05) is 16.8 Å². The van der Waals surface area contributed by atoms with E-state index in [9.17, 15) is 4.79 Å². The van der Waals surface area contributed by atoms with Gasteiger partial charge < -0.3 is 14.6 Å². The predicted molar refractivity (Wildman–Crippen MR) is 107 cm³/mol. The molecular formula is C19H31N3O2Si. The van der Waals surface area contributed by atoms with Crippen molar-refractivity contribution < 1.29 is 9.53 Å². The maximum Gasteiger partial charge on any atom is 0.162 e. The zero-order valence-electron chi connectivity index (χ0n) is 16.3. The van der Waals surface area contributed by atoms with Crippen LogP contribution in [0, 0.1) is 5.92 Å². The summed E-state index contributed by atoms with van der Waals surface area (Å²) in [5.41, 5.74) is 2.46. The van der Waals surface area contributed by atoms with Crippen molar-refractivity contribution in [1.29, 1.82) is 0 Å².